The van der Waals surface area contributed by atoms with E-state index in [1.165, 1.54) is 11.9 Å². The average Bonchev–Trinajstić information content (AvgIpc) is 3.20. The first-order valence-electron chi connectivity index (χ1n) is 12.5. The number of piperazine rings is 1. The molecule has 4 aromatic rings. The lowest BCUT2D eigenvalue weighted by molar-refractivity contribution is 0.209. The first-order chi connectivity index (χ1) is 17.1. The van der Waals surface area contributed by atoms with E-state index in [0.717, 1.165) is 65.3 Å². The number of pyridine rings is 1. The highest BCUT2D eigenvalue weighted by atomic mass is 32.2. The molecule has 2 aromatic carbocycles. The van der Waals surface area contributed by atoms with Crippen LogP contribution in [-0.2, 0) is 16.9 Å². The number of hydrogen-bond acceptors (Lipinski definition) is 5. The predicted octanol–water partition coefficient (Wildman–Crippen LogP) is 5.15. The van der Waals surface area contributed by atoms with E-state index in [1.807, 2.05) is 12.1 Å². The Hall–Kier alpha value is -3.16. The maximum Gasteiger partial charge on any atom is 0.175 e. The first-order valence-corrected chi connectivity index (χ1v) is 14.4. The van der Waals surface area contributed by atoms with Gasteiger partial charge in [-0.05, 0) is 62.7 Å². The fourth-order valence-corrected chi connectivity index (χ4v) is 5.77. The summed E-state index contributed by atoms with van der Waals surface area (Å²) in [6.07, 6.45) is 1.23. The normalized spacial score (nSPS) is 15.2. The van der Waals surface area contributed by atoms with Crippen molar-refractivity contribution in [2.75, 3.05) is 37.3 Å². The van der Waals surface area contributed by atoms with Crippen molar-refractivity contribution in [3.8, 4) is 22.5 Å². The molecule has 0 spiro atoms. The zero-order chi connectivity index (χ0) is 25.6. The van der Waals surface area contributed by atoms with Crippen LogP contribution < -0.4 is 4.90 Å². The molecule has 0 aliphatic carbocycles. The SMILES string of the molecule is Cc1nc(-c2cccc(N3CCN(C(C)C)CC3)c2)cc2c1cc(-c1ccc(S(C)(=O)=O)cc1)n2C. The second-order valence-corrected chi connectivity index (χ2v) is 12.1. The molecule has 0 bridgehead atoms. The first kappa shape index (κ1) is 24.5. The minimum Gasteiger partial charge on any atom is -0.369 e. The van der Waals surface area contributed by atoms with Crippen LogP contribution in [0.5, 0.6) is 0 Å². The molecule has 0 atom stereocenters. The van der Waals surface area contributed by atoms with E-state index in [2.05, 4.69) is 78.6 Å². The monoisotopic (exact) mass is 502 g/mol. The third kappa shape index (κ3) is 4.65. The van der Waals surface area contributed by atoms with Crippen molar-refractivity contribution in [1.29, 1.82) is 0 Å². The Morgan fingerprint density at radius 1 is 0.889 bits per heavy atom. The lowest BCUT2D eigenvalue weighted by atomic mass is 10.1. The largest absolute Gasteiger partial charge is 0.369 e. The molecule has 0 N–H and O–H groups in total. The molecule has 0 unspecified atom stereocenters. The second kappa shape index (κ2) is 9.37. The van der Waals surface area contributed by atoms with E-state index in [0.29, 0.717) is 10.9 Å². The van der Waals surface area contributed by atoms with Crippen molar-refractivity contribution in [2.45, 2.75) is 31.7 Å². The molecule has 1 aliphatic rings. The molecule has 1 saturated heterocycles. The second-order valence-electron chi connectivity index (χ2n) is 10.1. The number of hydrogen-bond donors (Lipinski definition) is 0. The van der Waals surface area contributed by atoms with Crippen molar-refractivity contribution in [3.63, 3.8) is 0 Å². The molecule has 0 saturated carbocycles. The van der Waals surface area contributed by atoms with Gasteiger partial charge in [0.15, 0.2) is 9.84 Å². The Morgan fingerprint density at radius 3 is 2.22 bits per heavy atom. The zero-order valence-corrected chi connectivity index (χ0v) is 22.5. The lowest BCUT2D eigenvalue weighted by Crippen LogP contribution is -2.48. The summed E-state index contributed by atoms with van der Waals surface area (Å²) in [6.45, 7) is 10.8. The summed E-state index contributed by atoms with van der Waals surface area (Å²) in [6, 6.07) is 20.7. The number of nitrogens with zero attached hydrogens (tertiary/aromatic N) is 4. The minimum atomic E-state index is -3.22. The fourth-order valence-electron chi connectivity index (χ4n) is 5.14. The number of rotatable bonds is 5. The van der Waals surface area contributed by atoms with E-state index in [9.17, 15) is 8.42 Å². The summed E-state index contributed by atoms with van der Waals surface area (Å²) in [5.41, 5.74) is 7.41. The number of sulfone groups is 1. The van der Waals surface area contributed by atoms with Crippen LogP contribution >= 0.6 is 0 Å². The summed E-state index contributed by atoms with van der Waals surface area (Å²) < 4.78 is 25.9. The van der Waals surface area contributed by atoms with Crippen LogP contribution in [0.4, 0.5) is 5.69 Å². The van der Waals surface area contributed by atoms with Gasteiger partial charge >= 0.3 is 0 Å². The van der Waals surface area contributed by atoms with Gasteiger partial charge in [-0.2, -0.15) is 0 Å². The summed E-state index contributed by atoms with van der Waals surface area (Å²) in [4.78, 5) is 10.3. The van der Waals surface area contributed by atoms with Crippen LogP contribution in [0.1, 0.15) is 19.5 Å². The Kier molecular flexibility index (Phi) is 6.39. The highest BCUT2D eigenvalue weighted by Gasteiger charge is 2.20. The van der Waals surface area contributed by atoms with Gasteiger partial charge in [0.1, 0.15) is 0 Å². The van der Waals surface area contributed by atoms with Crippen molar-refractivity contribution >= 4 is 26.4 Å². The molecule has 5 rings (SSSR count). The summed E-state index contributed by atoms with van der Waals surface area (Å²) in [5.74, 6) is 0. The minimum absolute atomic E-state index is 0.329. The molecule has 7 heteroatoms. The highest BCUT2D eigenvalue weighted by molar-refractivity contribution is 7.90. The molecule has 2 aromatic heterocycles. The molecule has 36 heavy (non-hydrogen) atoms. The topological polar surface area (TPSA) is 58.4 Å². The van der Waals surface area contributed by atoms with Gasteiger partial charge in [-0.25, -0.2) is 8.42 Å². The molecule has 3 heterocycles. The molecular formula is C29H34N4O2S. The van der Waals surface area contributed by atoms with E-state index in [1.54, 1.807) is 12.1 Å². The lowest BCUT2D eigenvalue weighted by Gasteiger charge is -2.38. The van der Waals surface area contributed by atoms with Crippen molar-refractivity contribution in [1.82, 2.24) is 14.5 Å². The van der Waals surface area contributed by atoms with Gasteiger partial charge in [-0.15, -0.1) is 0 Å². The highest BCUT2D eigenvalue weighted by Crippen LogP contribution is 2.33. The van der Waals surface area contributed by atoms with Gasteiger partial charge < -0.3 is 9.47 Å². The number of anilines is 1. The molecule has 0 radical (unpaired) electrons. The summed E-state index contributed by atoms with van der Waals surface area (Å²) >= 11 is 0. The quantitative estimate of drug-likeness (QED) is 0.378. The Balaban J connectivity index is 1.48. The van der Waals surface area contributed by atoms with Gasteiger partial charge in [0.05, 0.1) is 16.1 Å². The number of aromatic nitrogens is 2. The van der Waals surface area contributed by atoms with Gasteiger partial charge in [0.25, 0.3) is 0 Å². The molecule has 188 valence electrons. The van der Waals surface area contributed by atoms with E-state index >= 15 is 0 Å². The Bertz CT molecular complexity index is 1510. The fraction of sp³-hybridized carbons (Fsp3) is 0.345. The number of fused-ring (bicyclic) bond motifs is 1. The van der Waals surface area contributed by atoms with E-state index in [-0.39, 0.29) is 0 Å². The third-order valence-electron chi connectivity index (χ3n) is 7.36. The molecule has 1 aliphatic heterocycles. The van der Waals surface area contributed by atoms with Gasteiger partial charge in [0, 0.05) is 73.5 Å². The third-order valence-corrected chi connectivity index (χ3v) is 8.49. The van der Waals surface area contributed by atoms with E-state index < -0.39 is 9.84 Å². The number of benzene rings is 2. The van der Waals surface area contributed by atoms with Crippen LogP contribution in [0.2, 0.25) is 0 Å². The van der Waals surface area contributed by atoms with Crippen LogP contribution in [0, 0.1) is 6.92 Å². The van der Waals surface area contributed by atoms with Gasteiger partial charge in [0.2, 0.25) is 0 Å². The summed E-state index contributed by atoms with van der Waals surface area (Å²) in [5, 5.41) is 1.10. The average molecular weight is 503 g/mol. The van der Waals surface area contributed by atoms with Crippen LogP contribution in [0.15, 0.2) is 65.6 Å². The van der Waals surface area contributed by atoms with Gasteiger partial charge in [-0.3, -0.25) is 9.88 Å². The maximum atomic E-state index is 11.9. The van der Waals surface area contributed by atoms with Crippen LogP contribution in [0.25, 0.3) is 33.4 Å². The van der Waals surface area contributed by atoms with Crippen molar-refractivity contribution in [3.05, 3.63) is 66.4 Å². The maximum absolute atomic E-state index is 11.9. The van der Waals surface area contributed by atoms with Crippen LogP contribution in [-0.4, -0.2) is 61.3 Å². The predicted molar refractivity (Wildman–Crippen MR) is 148 cm³/mol. The molecule has 0 amide bonds. The molecule has 6 nitrogen and oxygen atoms in total. The number of aryl methyl sites for hydroxylation is 2. The van der Waals surface area contributed by atoms with E-state index in [4.69, 9.17) is 4.98 Å². The summed E-state index contributed by atoms with van der Waals surface area (Å²) in [7, 11) is -1.17. The van der Waals surface area contributed by atoms with Crippen molar-refractivity contribution in [2.24, 2.45) is 7.05 Å². The van der Waals surface area contributed by atoms with Crippen molar-refractivity contribution < 1.29 is 8.42 Å². The van der Waals surface area contributed by atoms with Crippen LogP contribution in [0.3, 0.4) is 0 Å². The molecular weight excluding hydrogens is 468 g/mol. The standard InChI is InChI=1S/C29H34N4O2S/c1-20(2)32-13-15-33(16-14-32)24-8-6-7-23(17-24)27-19-29-26(21(3)30-27)18-28(31(29)4)22-9-11-25(12-10-22)36(5,34)35/h6-12,17-20H,13-16H2,1-5H3. The van der Waals surface area contributed by atoms with Gasteiger partial charge in [-0.1, -0.05) is 24.3 Å². The molecule has 1 fully saturated rings. The Labute approximate surface area is 214 Å². The zero-order valence-electron chi connectivity index (χ0n) is 21.7. The smallest absolute Gasteiger partial charge is 0.175 e. The Morgan fingerprint density at radius 2 is 1.58 bits per heavy atom.